The van der Waals surface area contributed by atoms with E-state index in [4.69, 9.17) is 0 Å². The molecule has 2 atom stereocenters. The highest BCUT2D eigenvalue weighted by Gasteiger charge is 2.22. The van der Waals surface area contributed by atoms with Gasteiger partial charge in [0.1, 0.15) is 0 Å². The summed E-state index contributed by atoms with van der Waals surface area (Å²) in [5.74, 6) is 0.703. The van der Waals surface area contributed by atoms with Gasteiger partial charge < -0.3 is 0 Å². The maximum Gasteiger partial charge on any atom is 0.0216 e. The number of rotatable bonds is 0. The quantitative estimate of drug-likeness (QED) is 0.462. The minimum Gasteiger partial charge on any atom is -0.0816 e. The Balaban J connectivity index is 2.29. The number of fused-ring (bicyclic) bond motifs is 1. The van der Waals surface area contributed by atoms with Gasteiger partial charge in [0.05, 0.1) is 0 Å². The Kier molecular flexibility index (Phi) is 2.16. The molecule has 0 saturated carbocycles. The van der Waals surface area contributed by atoms with E-state index < -0.39 is 0 Å². The average Bonchev–Trinajstić information content (AvgIpc) is 2.06. The van der Waals surface area contributed by atoms with Crippen LogP contribution < -0.4 is 0 Å². The molecule has 0 aliphatic heterocycles. The van der Waals surface area contributed by atoms with E-state index in [9.17, 15) is 0 Å². The molecule has 0 bridgehead atoms. The lowest BCUT2D eigenvalue weighted by molar-refractivity contribution is 0.645. The molecule has 2 aliphatic rings. The smallest absolute Gasteiger partial charge is 0.0216 e. The van der Waals surface area contributed by atoms with Gasteiger partial charge in [-0.15, -0.1) is 0 Å². The molecule has 0 amide bonds. The molecule has 0 heterocycles. The van der Waals surface area contributed by atoms with Crippen LogP contribution in [0.3, 0.4) is 0 Å². The number of alkyl halides is 1. The number of hydrogen-bond acceptors (Lipinski definition) is 0. The first-order valence-electron chi connectivity index (χ1n) is 4.07. The first-order valence-corrected chi connectivity index (χ1v) is 5.31. The number of halogens is 1. The van der Waals surface area contributed by atoms with Gasteiger partial charge in [-0.2, -0.15) is 0 Å². The van der Waals surface area contributed by atoms with Crippen molar-refractivity contribution in [2.45, 2.75) is 16.8 Å². The fourth-order valence-corrected chi connectivity index (χ4v) is 2.71. The highest BCUT2D eigenvalue weighted by Crippen LogP contribution is 2.34. The second kappa shape index (κ2) is 3.13. The van der Waals surface area contributed by atoms with Gasteiger partial charge in [-0.25, -0.2) is 0 Å². The van der Waals surface area contributed by atoms with Crippen LogP contribution in [0.4, 0.5) is 0 Å². The molecule has 2 rings (SSSR count). The molecule has 2 aliphatic carbocycles. The normalized spacial score (nSPS) is 34.8. The van der Waals surface area contributed by atoms with Crippen molar-refractivity contribution in [3.05, 3.63) is 36.0 Å². The summed E-state index contributed by atoms with van der Waals surface area (Å²) in [6.07, 6.45) is 13.8. The highest BCUT2D eigenvalue weighted by atomic mass is 127. The minimum absolute atomic E-state index is 0.703. The van der Waals surface area contributed by atoms with Crippen LogP contribution in [-0.2, 0) is 0 Å². The van der Waals surface area contributed by atoms with Crippen molar-refractivity contribution in [1.82, 2.24) is 0 Å². The molecule has 0 nitrogen and oxygen atoms in total. The van der Waals surface area contributed by atoms with Crippen LogP contribution >= 0.6 is 22.6 Å². The third kappa shape index (κ3) is 1.43. The van der Waals surface area contributed by atoms with Crippen molar-refractivity contribution in [3.63, 3.8) is 0 Å². The predicted octanol–water partition coefficient (Wildman–Crippen LogP) is 3.25. The zero-order valence-corrected chi connectivity index (χ0v) is 8.49. The van der Waals surface area contributed by atoms with Gasteiger partial charge >= 0.3 is 0 Å². The third-order valence-electron chi connectivity index (χ3n) is 2.32. The van der Waals surface area contributed by atoms with Crippen LogP contribution in [0.2, 0.25) is 0 Å². The van der Waals surface area contributed by atoms with Crippen molar-refractivity contribution >= 4 is 22.6 Å². The van der Waals surface area contributed by atoms with Gasteiger partial charge in [-0.1, -0.05) is 53.0 Å². The lowest BCUT2D eigenvalue weighted by Crippen LogP contribution is -2.18. The molecule has 2 unspecified atom stereocenters. The average molecular weight is 258 g/mol. The van der Waals surface area contributed by atoms with E-state index in [1.807, 2.05) is 0 Å². The summed E-state index contributed by atoms with van der Waals surface area (Å²) >= 11 is 2.57. The van der Waals surface area contributed by atoms with E-state index in [0.29, 0.717) is 5.92 Å². The number of allylic oxidation sites excluding steroid dienone is 6. The molecule has 0 aromatic rings. The maximum absolute atomic E-state index is 2.57. The summed E-state index contributed by atoms with van der Waals surface area (Å²) in [4.78, 5) is 0. The Morgan fingerprint density at radius 3 is 3.09 bits per heavy atom. The summed E-state index contributed by atoms with van der Waals surface area (Å²) in [7, 11) is 0. The van der Waals surface area contributed by atoms with E-state index in [1.165, 1.54) is 18.4 Å². The van der Waals surface area contributed by atoms with Crippen LogP contribution in [-0.4, -0.2) is 3.92 Å². The van der Waals surface area contributed by atoms with Gasteiger partial charge in [-0.05, 0) is 18.4 Å². The van der Waals surface area contributed by atoms with E-state index >= 15 is 0 Å². The standard InChI is InChI=1S/C10H11I/c11-10-7-3-5-8-4-1-2-6-9(8)10/h1-2,4-6,9-10H,3,7H2. The highest BCUT2D eigenvalue weighted by molar-refractivity contribution is 14.1. The van der Waals surface area contributed by atoms with Crippen LogP contribution in [0.15, 0.2) is 36.0 Å². The first-order chi connectivity index (χ1) is 5.38. The molecular formula is C10H11I. The van der Waals surface area contributed by atoms with Gasteiger partial charge in [0.15, 0.2) is 0 Å². The first kappa shape index (κ1) is 7.59. The fourth-order valence-electron chi connectivity index (χ4n) is 1.70. The molecule has 0 aromatic heterocycles. The Bertz CT molecular complexity index is 235. The van der Waals surface area contributed by atoms with Crippen LogP contribution in [0.1, 0.15) is 12.8 Å². The summed E-state index contributed by atoms with van der Waals surface area (Å²) in [6.45, 7) is 0. The van der Waals surface area contributed by atoms with Gasteiger partial charge in [-0.3, -0.25) is 0 Å². The minimum atomic E-state index is 0.703. The SMILES string of the molecule is IC1CCC=C2C=CC=CC21. The molecular weight excluding hydrogens is 247 g/mol. The molecule has 58 valence electrons. The topological polar surface area (TPSA) is 0 Å². The van der Waals surface area contributed by atoms with Gasteiger partial charge in [0.25, 0.3) is 0 Å². The summed E-state index contributed by atoms with van der Waals surface area (Å²) < 4.78 is 0.814. The van der Waals surface area contributed by atoms with Crippen LogP contribution in [0, 0.1) is 5.92 Å². The van der Waals surface area contributed by atoms with Crippen molar-refractivity contribution in [2.24, 2.45) is 5.92 Å². The van der Waals surface area contributed by atoms with E-state index in [0.717, 1.165) is 3.92 Å². The van der Waals surface area contributed by atoms with Crippen molar-refractivity contribution in [1.29, 1.82) is 0 Å². The molecule has 0 spiro atoms. The maximum atomic E-state index is 2.57. The van der Waals surface area contributed by atoms with E-state index in [2.05, 4.69) is 53.0 Å². The van der Waals surface area contributed by atoms with Crippen molar-refractivity contribution < 1.29 is 0 Å². The van der Waals surface area contributed by atoms with Crippen LogP contribution in [0.5, 0.6) is 0 Å². The van der Waals surface area contributed by atoms with Gasteiger partial charge in [0.2, 0.25) is 0 Å². The second-order valence-corrected chi connectivity index (χ2v) is 4.67. The molecule has 0 aromatic carbocycles. The fraction of sp³-hybridized carbons (Fsp3) is 0.400. The Morgan fingerprint density at radius 1 is 1.36 bits per heavy atom. The zero-order chi connectivity index (χ0) is 7.68. The molecule has 0 radical (unpaired) electrons. The zero-order valence-electron chi connectivity index (χ0n) is 6.33. The lowest BCUT2D eigenvalue weighted by atomic mass is 9.85. The molecule has 1 heteroatoms. The number of hydrogen-bond donors (Lipinski definition) is 0. The lowest BCUT2D eigenvalue weighted by Gasteiger charge is -2.26. The molecule has 0 N–H and O–H groups in total. The predicted molar refractivity (Wildman–Crippen MR) is 56.9 cm³/mol. The van der Waals surface area contributed by atoms with E-state index in [1.54, 1.807) is 0 Å². The largest absolute Gasteiger partial charge is 0.0816 e. The van der Waals surface area contributed by atoms with Crippen molar-refractivity contribution in [3.8, 4) is 0 Å². The Labute approximate surface area is 81.2 Å². The third-order valence-corrected chi connectivity index (χ3v) is 3.71. The summed E-state index contributed by atoms with van der Waals surface area (Å²) in [5, 5.41) is 0. The Morgan fingerprint density at radius 2 is 2.27 bits per heavy atom. The van der Waals surface area contributed by atoms with Gasteiger partial charge in [0, 0.05) is 9.84 Å². The molecule has 0 fully saturated rings. The molecule has 11 heavy (non-hydrogen) atoms. The second-order valence-electron chi connectivity index (χ2n) is 3.07. The van der Waals surface area contributed by atoms with Crippen LogP contribution in [0.25, 0.3) is 0 Å². The monoisotopic (exact) mass is 258 g/mol. The summed E-state index contributed by atoms with van der Waals surface area (Å²) in [5.41, 5.74) is 1.53. The Hall–Kier alpha value is -0.0500. The summed E-state index contributed by atoms with van der Waals surface area (Å²) in [6, 6.07) is 0. The van der Waals surface area contributed by atoms with Crippen molar-refractivity contribution in [2.75, 3.05) is 0 Å². The molecule has 0 saturated heterocycles. The van der Waals surface area contributed by atoms with E-state index in [-0.39, 0.29) is 0 Å².